The Bertz CT molecular complexity index is 4000. The summed E-state index contributed by atoms with van der Waals surface area (Å²) in [7, 11) is -0.148. The highest BCUT2D eigenvalue weighted by Crippen LogP contribution is 2.41. The van der Waals surface area contributed by atoms with E-state index in [1.165, 1.54) is 22.9 Å². The topological polar surface area (TPSA) is 212 Å². The maximum atomic E-state index is 14.1. The van der Waals surface area contributed by atoms with E-state index in [0.29, 0.717) is 66.9 Å². The van der Waals surface area contributed by atoms with Crippen LogP contribution in [-0.4, -0.2) is 172 Å². The van der Waals surface area contributed by atoms with Gasteiger partial charge in [-0.1, -0.05) is 169 Å². The van der Waals surface area contributed by atoms with Crippen LogP contribution in [0.5, 0.6) is 11.5 Å². The minimum atomic E-state index is -3.37. The van der Waals surface area contributed by atoms with E-state index in [0.717, 1.165) is 118 Å². The summed E-state index contributed by atoms with van der Waals surface area (Å²) < 4.78 is 48.0. The lowest BCUT2D eigenvalue weighted by Crippen LogP contribution is -2.50. The zero-order chi connectivity index (χ0) is 74.8. The molecule has 3 saturated heterocycles. The molecule has 0 bridgehead atoms. The maximum Gasteiger partial charge on any atom is 0.410 e. The van der Waals surface area contributed by atoms with Crippen LogP contribution in [0.2, 0.25) is 0 Å². The van der Waals surface area contributed by atoms with Gasteiger partial charge in [0.15, 0.2) is 11.5 Å². The van der Waals surface area contributed by atoms with E-state index in [2.05, 4.69) is 147 Å². The van der Waals surface area contributed by atoms with Crippen LogP contribution in [0.15, 0.2) is 199 Å². The number of anilines is 1. The Morgan fingerprint density at radius 2 is 1.09 bits per heavy atom. The number of methoxy groups -OCH3 is 2. The molecule has 8 aromatic rings. The number of nitrogens with zero attached hydrogens (tertiary/aromatic N) is 7. The first kappa shape index (κ1) is 80.8. The van der Waals surface area contributed by atoms with Gasteiger partial charge in [0.05, 0.1) is 44.9 Å². The van der Waals surface area contributed by atoms with Crippen molar-refractivity contribution in [2.45, 2.75) is 124 Å². The summed E-state index contributed by atoms with van der Waals surface area (Å²) >= 11 is 0. The largest absolute Gasteiger partial charge is 0.493 e. The van der Waals surface area contributed by atoms with Crippen LogP contribution in [-0.2, 0) is 25.6 Å². The third kappa shape index (κ3) is 24.1. The fraction of sp³-hybridized carbons (Fsp3) is 0.422. The second-order valence-electron chi connectivity index (χ2n) is 27.6. The molecule has 0 saturated carbocycles. The van der Waals surface area contributed by atoms with Crippen molar-refractivity contribution in [3.8, 4) is 11.5 Å². The average molecular weight is 1440 g/mol. The lowest BCUT2D eigenvalue weighted by atomic mass is 9.99. The Kier molecular flexibility index (Phi) is 30.9. The number of hydrogen-bond donors (Lipinski definition) is 3. The van der Waals surface area contributed by atoms with Crippen molar-refractivity contribution < 1.29 is 50.8 Å². The van der Waals surface area contributed by atoms with Gasteiger partial charge in [0, 0.05) is 127 Å². The number of benzene rings is 7. The molecule has 5 heterocycles. The SMILES string of the molecule is COc1ccc([C@@H](CCCNC(=O)c2cnoc2C)N2Cc3c(cccc3N3CCN([C@H](C)c4ccccc4)CC3)C2=O)cc1OC.C[C@H](O)c1ccccc1.C[C@H](OS(C)(=O)=O)c1ccccc1.C[C@H](c1ccccc1)N1CCN(C(=O)OC(C)(C)C)CC1.C[C@H](c1ccccc1)N1CCNCC1. The van der Waals surface area contributed by atoms with Gasteiger partial charge in [0.2, 0.25) is 0 Å². The number of hydrogen-bond acceptors (Lipinski definition) is 17. The number of aromatic nitrogens is 1. The molecule has 12 rings (SSSR count). The zero-order valence-electron chi connectivity index (χ0n) is 62.8. The highest BCUT2D eigenvalue weighted by molar-refractivity contribution is 7.86. The van der Waals surface area contributed by atoms with Gasteiger partial charge in [-0.2, -0.15) is 8.42 Å². The molecule has 0 spiro atoms. The van der Waals surface area contributed by atoms with Crippen molar-refractivity contribution in [1.82, 2.24) is 40.3 Å². The molecule has 1 aromatic heterocycles. The summed E-state index contributed by atoms with van der Waals surface area (Å²) in [6.45, 7) is 30.1. The summed E-state index contributed by atoms with van der Waals surface area (Å²) in [6.07, 6.45) is 2.81. The summed E-state index contributed by atoms with van der Waals surface area (Å²) in [5.74, 6) is 1.51. The molecule has 4 aliphatic rings. The van der Waals surface area contributed by atoms with Crippen LogP contribution in [0.1, 0.15) is 170 Å². The molecule has 0 aliphatic carbocycles. The third-order valence-electron chi connectivity index (χ3n) is 19.2. The lowest BCUT2D eigenvalue weighted by molar-refractivity contribution is 0.0110. The monoisotopic (exact) mass is 1440 g/mol. The molecule has 20 nitrogen and oxygen atoms in total. The summed E-state index contributed by atoms with van der Waals surface area (Å²) in [4.78, 5) is 52.5. The molecule has 0 radical (unpaired) electrons. The molecule has 7 aromatic carbocycles. The Balaban J connectivity index is 0.000000195. The van der Waals surface area contributed by atoms with E-state index in [1.807, 2.05) is 123 Å². The van der Waals surface area contributed by atoms with Crippen LogP contribution in [0.3, 0.4) is 0 Å². The van der Waals surface area contributed by atoms with E-state index in [1.54, 1.807) is 39.9 Å². The van der Waals surface area contributed by atoms with Crippen molar-refractivity contribution in [3.63, 3.8) is 0 Å². The van der Waals surface area contributed by atoms with Crippen molar-refractivity contribution in [3.05, 3.63) is 250 Å². The maximum absolute atomic E-state index is 14.1. The molecule has 104 heavy (non-hydrogen) atoms. The average Bonchev–Trinajstić information content (AvgIpc) is 1.61. The van der Waals surface area contributed by atoms with Crippen molar-refractivity contribution in [2.24, 2.45) is 0 Å². The van der Waals surface area contributed by atoms with Crippen LogP contribution < -0.4 is 25.0 Å². The fourth-order valence-electron chi connectivity index (χ4n) is 13.2. The van der Waals surface area contributed by atoms with Gasteiger partial charge in [0.25, 0.3) is 21.9 Å². The lowest BCUT2D eigenvalue weighted by Gasteiger charge is -2.40. The van der Waals surface area contributed by atoms with Crippen LogP contribution >= 0.6 is 0 Å². The van der Waals surface area contributed by atoms with Gasteiger partial charge >= 0.3 is 6.09 Å². The molecule has 3 amide bonds. The Morgan fingerprint density at radius 1 is 0.606 bits per heavy atom. The first-order valence-corrected chi connectivity index (χ1v) is 38.1. The van der Waals surface area contributed by atoms with Gasteiger partial charge in [-0.25, -0.2) is 4.79 Å². The number of amides is 3. The fourth-order valence-corrected chi connectivity index (χ4v) is 13.8. The third-order valence-corrected chi connectivity index (χ3v) is 19.8. The number of rotatable bonds is 20. The number of carbonyl (C=O) groups is 3. The number of ether oxygens (including phenoxy) is 3. The number of fused-ring (bicyclic) bond motifs is 1. The number of aliphatic hydroxyl groups is 1. The number of aliphatic hydroxyl groups excluding tert-OH is 1. The van der Waals surface area contributed by atoms with E-state index in [4.69, 9.17) is 28.0 Å². The molecule has 6 atom stereocenters. The minimum absolute atomic E-state index is 0.0158. The second-order valence-corrected chi connectivity index (χ2v) is 29.2. The Labute approximate surface area is 617 Å². The normalized spacial score (nSPS) is 16.7. The van der Waals surface area contributed by atoms with Gasteiger partial charge in [0.1, 0.15) is 16.9 Å². The quantitative estimate of drug-likeness (QED) is 0.0478. The van der Waals surface area contributed by atoms with Gasteiger partial charge in [-0.15, -0.1) is 0 Å². The molecule has 3 N–H and O–H groups in total. The van der Waals surface area contributed by atoms with Gasteiger partial charge < -0.3 is 49.2 Å². The Morgan fingerprint density at radius 3 is 1.54 bits per heavy atom. The summed E-state index contributed by atoms with van der Waals surface area (Å²) in [6, 6.07) is 63.7. The van der Waals surface area contributed by atoms with Crippen LogP contribution in [0.25, 0.3) is 0 Å². The molecule has 0 unspecified atom stereocenters. The van der Waals surface area contributed by atoms with E-state index in [-0.39, 0.29) is 30.1 Å². The minimum Gasteiger partial charge on any atom is -0.493 e. The molecule has 3 fully saturated rings. The van der Waals surface area contributed by atoms with Crippen LogP contribution in [0, 0.1) is 6.92 Å². The smallest absolute Gasteiger partial charge is 0.410 e. The first-order chi connectivity index (χ1) is 49.9. The van der Waals surface area contributed by atoms with Crippen molar-refractivity contribution >= 4 is 33.7 Å². The number of carbonyl (C=O) groups excluding carboxylic acids is 3. The first-order valence-electron chi connectivity index (χ1n) is 36.2. The van der Waals surface area contributed by atoms with E-state index >= 15 is 0 Å². The van der Waals surface area contributed by atoms with E-state index < -0.39 is 21.8 Å². The highest BCUT2D eigenvalue weighted by Gasteiger charge is 2.37. The number of aryl methyl sites for hydroxylation is 1. The highest BCUT2D eigenvalue weighted by atomic mass is 32.2. The van der Waals surface area contributed by atoms with Crippen LogP contribution in [0.4, 0.5) is 10.5 Å². The van der Waals surface area contributed by atoms with E-state index in [9.17, 15) is 22.8 Å². The standard InChI is InChI=1S/C37H43N5O5.C17H26N2O2.C12H18N2.C9H12O3S.C8H10O/c1-25(27-10-6-5-7-11-27)40-18-20-41(21-19-40)33-13-8-12-29-31(33)24-42(37(29)44)32(28-15-16-34(45-3)35(22-28)46-4)14-9-17-38-36(43)30-23-39-47-26(30)2;1-14(15-8-6-5-7-9-15)18-10-12-19(13-11-18)16(20)21-17(2,3)4;1-11(12-5-3-2-4-6-12)14-9-7-13-8-10-14;1-8(12-13(2,10)11)9-6-4-3-5-7-9;1-7(9)8-5-3-2-4-6-8/h5-8,10-13,15-16,22-23,25,32H,9,14,17-21,24H2,1-4H3,(H,38,43);5-9,14H,10-13H2,1-4H3;2-6,11,13H,7-10H2,1H3;3-8H,1-2H3;2-7,9H,1H3/t25-,32-;14-;11-;8-;7-/m11100/s1. The number of nitrogens with one attached hydrogen (secondary N) is 2. The number of piperazine rings is 3. The van der Waals surface area contributed by atoms with Gasteiger partial charge in [-0.3, -0.25) is 28.5 Å². The Hall–Kier alpha value is -8.93. The molecule has 21 heteroatoms. The van der Waals surface area contributed by atoms with Crippen molar-refractivity contribution in [1.29, 1.82) is 0 Å². The predicted molar refractivity (Wildman–Crippen MR) is 411 cm³/mol. The second kappa shape index (κ2) is 39.8. The summed E-state index contributed by atoms with van der Waals surface area (Å²) in [5, 5.41) is 19.1. The predicted octanol–water partition coefficient (Wildman–Crippen LogP) is 14.2. The molecule has 4 aliphatic heterocycles. The zero-order valence-corrected chi connectivity index (χ0v) is 63.6. The van der Waals surface area contributed by atoms with Gasteiger partial charge in [-0.05, 0) is 133 Å². The molecular weight excluding hydrogens is 1330 g/mol. The van der Waals surface area contributed by atoms with Crippen molar-refractivity contribution in [2.75, 3.05) is 110 Å². The summed E-state index contributed by atoms with van der Waals surface area (Å²) in [5.41, 5.74) is 9.82. The molecule has 558 valence electrons. The molecular formula is C83H109N9O11S.